The van der Waals surface area contributed by atoms with Gasteiger partial charge in [-0.05, 0) is 12.0 Å². The zero-order chi connectivity index (χ0) is 12.7. The van der Waals surface area contributed by atoms with Crippen molar-refractivity contribution in [2.24, 2.45) is 0 Å². The number of hydrogen-bond donors (Lipinski definition) is 1. The summed E-state index contributed by atoms with van der Waals surface area (Å²) in [4.78, 5) is 22.7. The minimum Gasteiger partial charge on any atom is -0.346 e. The maximum Gasteiger partial charge on any atom is 0.217 e. The van der Waals surface area contributed by atoms with Crippen LogP contribution in [0.25, 0.3) is 0 Å². The smallest absolute Gasteiger partial charge is 0.217 e. The molecule has 0 spiro atoms. The zero-order valence-corrected chi connectivity index (χ0v) is 9.64. The average molecular weight is 230 g/mol. The molecule has 1 N–H and O–H groups in total. The fourth-order valence-corrected chi connectivity index (χ4v) is 1.54. The van der Waals surface area contributed by atoms with Gasteiger partial charge in [0.2, 0.25) is 5.91 Å². The quantitative estimate of drug-likeness (QED) is 0.826. The second-order valence-electron chi connectivity index (χ2n) is 3.74. The molecular formula is C13H14N2O2. The molecule has 1 amide bonds. The molecule has 0 bridgehead atoms. The Morgan fingerprint density at radius 3 is 2.53 bits per heavy atom. The monoisotopic (exact) mass is 230 g/mol. The van der Waals surface area contributed by atoms with Gasteiger partial charge in [0.05, 0.1) is 18.5 Å². The van der Waals surface area contributed by atoms with Gasteiger partial charge in [-0.15, -0.1) is 0 Å². The van der Waals surface area contributed by atoms with Crippen LogP contribution in [0.15, 0.2) is 30.3 Å². The Kier molecular flexibility index (Phi) is 4.89. The Bertz CT molecular complexity index is 434. The SMILES string of the molecule is CC(=O)N[C@@H](Cc1ccccc1)C(=O)CC#N. The van der Waals surface area contributed by atoms with E-state index in [1.54, 1.807) is 6.07 Å². The molecule has 4 nitrogen and oxygen atoms in total. The first kappa shape index (κ1) is 12.9. The molecule has 0 saturated heterocycles. The van der Waals surface area contributed by atoms with E-state index in [1.807, 2.05) is 30.3 Å². The number of benzene rings is 1. The van der Waals surface area contributed by atoms with Crippen LogP contribution < -0.4 is 5.32 Å². The van der Waals surface area contributed by atoms with E-state index in [-0.39, 0.29) is 18.1 Å². The number of rotatable bonds is 5. The van der Waals surface area contributed by atoms with Gasteiger partial charge in [0.15, 0.2) is 5.78 Å². The van der Waals surface area contributed by atoms with Crippen LogP contribution in [0.5, 0.6) is 0 Å². The molecule has 1 atom stereocenters. The number of hydrogen-bond acceptors (Lipinski definition) is 3. The highest BCUT2D eigenvalue weighted by molar-refractivity contribution is 5.89. The molecular weight excluding hydrogens is 216 g/mol. The molecule has 0 unspecified atom stereocenters. The first-order chi connectivity index (χ1) is 8.13. The lowest BCUT2D eigenvalue weighted by molar-refractivity contribution is -0.126. The molecule has 88 valence electrons. The third-order valence-corrected chi connectivity index (χ3v) is 2.30. The molecule has 0 saturated carbocycles. The van der Waals surface area contributed by atoms with Crippen molar-refractivity contribution in [1.29, 1.82) is 5.26 Å². The molecule has 0 heterocycles. The lowest BCUT2D eigenvalue weighted by Crippen LogP contribution is -2.41. The predicted octanol–water partition coefficient (Wildman–Crippen LogP) is 1.22. The van der Waals surface area contributed by atoms with Crippen molar-refractivity contribution in [2.75, 3.05) is 0 Å². The first-order valence-electron chi connectivity index (χ1n) is 5.34. The minimum absolute atomic E-state index is 0.183. The highest BCUT2D eigenvalue weighted by Crippen LogP contribution is 2.05. The lowest BCUT2D eigenvalue weighted by atomic mass is 10.0. The Balaban J connectivity index is 2.74. The van der Waals surface area contributed by atoms with Gasteiger partial charge in [-0.1, -0.05) is 30.3 Å². The fraction of sp³-hybridized carbons (Fsp3) is 0.308. The molecule has 0 aliphatic heterocycles. The predicted molar refractivity (Wildman–Crippen MR) is 63.0 cm³/mol. The molecule has 4 heteroatoms. The summed E-state index contributed by atoms with van der Waals surface area (Å²) in [6.07, 6.45) is 0.235. The maximum absolute atomic E-state index is 11.6. The van der Waals surface area contributed by atoms with Crippen LogP contribution in [0.4, 0.5) is 0 Å². The van der Waals surface area contributed by atoms with E-state index >= 15 is 0 Å². The number of ketones is 1. The summed E-state index contributed by atoms with van der Waals surface area (Å²) < 4.78 is 0. The highest BCUT2D eigenvalue weighted by Gasteiger charge is 2.19. The van der Waals surface area contributed by atoms with Gasteiger partial charge in [-0.3, -0.25) is 9.59 Å². The normalized spacial score (nSPS) is 11.3. The standard InChI is InChI=1S/C13H14N2O2/c1-10(16)15-12(13(17)7-8-14)9-11-5-3-2-4-6-11/h2-6,12H,7,9H2,1H3,(H,15,16)/t12-/m0/s1. The Hall–Kier alpha value is -2.15. The minimum atomic E-state index is -0.616. The number of carbonyl (C=O) groups excluding carboxylic acids is 2. The summed E-state index contributed by atoms with van der Waals surface area (Å²) >= 11 is 0. The summed E-state index contributed by atoms with van der Waals surface area (Å²) in [6.45, 7) is 1.36. The summed E-state index contributed by atoms with van der Waals surface area (Å²) in [5.74, 6) is -0.524. The molecule has 0 radical (unpaired) electrons. The van der Waals surface area contributed by atoms with E-state index in [0.29, 0.717) is 6.42 Å². The van der Waals surface area contributed by atoms with Crippen LogP contribution >= 0.6 is 0 Å². The van der Waals surface area contributed by atoms with E-state index in [0.717, 1.165) is 5.56 Å². The Morgan fingerprint density at radius 1 is 1.35 bits per heavy atom. The number of nitrogens with one attached hydrogen (secondary N) is 1. The van der Waals surface area contributed by atoms with Crippen LogP contribution in [0.1, 0.15) is 18.9 Å². The van der Waals surface area contributed by atoms with Crippen LogP contribution in [0.3, 0.4) is 0 Å². The molecule has 1 aromatic rings. The second kappa shape index (κ2) is 6.44. The van der Waals surface area contributed by atoms with Gasteiger partial charge >= 0.3 is 0 Å². The third kappa shape index (κ3) is 4.47. The Labute approximate surface area is 100 Å². The third-order valence-electron chi connectivity index (χ3n) is 2.30. The van der Waals surface area contributed by atoms with Crippen molar-refractivity contribution < 1.29 is 9.59 Å². The fourth-order valence-electron chi connectivity index (χ4n) is 1.54. The summed E-state index contributed by atoms with van der Waals surface area (Å²) in [7, 11) is 0. The second-order valence-corrected chi connectivity index (χ2v) is 3.74. The highest BCUT2D eigenvalue weighted by atomic mass is 16.2. The maximum atomic E-state index is 11.6. The average Bonchev–Trinajstić information content (AvgIpc) is 2.29. The van der Waals surface area contributed by atoms with Crippen LogP contribution in [-0.4, -0.2) is 17.7 Å². The van der Waals surface area contributed by atoms with Crippen molar-refractivity contribution in [3.8, 4) is 6.07 Å². The molecule has 0 fully saturated rings. The van der Waals surface area contributed by atoms with Crippen LogP contribution in [-0.2, 0) is 16.0 Å². The topological polar surface area (TPSA) is 70.0 Å². The van der Waals surface area contributed by atoms with Gasteiger partial charge < -0.3 is 5.32 Å². The van der Waals surface area contributed by atoms with Gasteiger partial charge in [0.25, 0.3) is 0 Å². The molecule has 0 aliphatic carbocycles. The molecule has 1 rings (SSSR count). The lowest BCUT2D eigenvalue weighted by Gasteiger charge is -2.15. The molecule has 1 aromatic carbocycles. The van der Waals surface area contributed by atoms with E-state index in [4.69, 9.17) is 5.26 Å². The van der Waals surface area contributed by atoms with E-state index in [9.17, 15) is 9.59 Å². The summed E-state index contributed by atoms with van der Waals surface area (Å²) in [5.41, 5.74) is 0.956. The van der Waals surface area contributed by atoms with E-state index in [1.165, 1.54) is 6.92 Å². The van der Waals surface area contributed by atoms with Crippen molar-refractivity contribution in [2.45, 2.75) is 25.8 Å². The zero-order valence-electron chi connectivity index (χ0n) is 9.64. The van der Waals surface area contributed by atoms with Crippen molar-refractivity contribution in [3.63, 3.8) is 0 Å². The number of amides is 1. The molecule has 17 heavy (non-hydrogen) atoms. The molecule has 0 aliphatic rings. The van der Waals surface area contributed by atoms with Gasteiger partial charge in [-0.2, -0.15) is 5.26 Å². The van der Waals surface area contributed by atoms with Gasteiger partial charge in [-0.25, -0.2) is 0 Å². The van der Waals surface area contributed by atoms with E-state index in [2.05, 4.69) is 5.32 Å². The number of nitrogens with zero attached hydrogens (tertiary/aromatic N) is 1. The first-order valence-corrected chi connectivity index (χ1v) is 5.34. The largest absolute Gasteiger partial charge is 0.346 e. The van der Waals surface area contributed by atoms with Crippen molar-refractivity contribution >= 4 is 11.7 Å². The van der Waals surface area contributed by atoms with Crippen LogP contribution in [0.2, 0.25) is 0 Å². The Morgan fingerprint density at radius 2 is 2.00 bits per heavy atom. The molecule has 0 aromatic heterocycles. The number of nitriles is 1. The summed E-state index contributed by atoms with van der Waals surface area (Å²) in [5, 5.41) is 11.1. The van der Waals surface area contributed by atoms with Gasteiger partial charge in [0.1, 0.15) is 0 Å². The van der Waals surface area contributed by atoms with Gasteiger partial charge in [0, 0.05) is 6.92 Å². The number of Topliss-reactive ketones (excluding diaryl/α,β-unsaturated/α-hetero) is 1. The van der Waals surface area contributed by atoms with E-state index < -0.39 is 6.04 Å². The van der Waals surface area contributed by atoms with Crippen LogP contribution in [0, 0.1) is 11.3 Å². The summed E-state index contributed by atoms with van der Waals surface area (Å²) in [6, 6.07) is 10.6. The van der Waals surface area contributed by atoms with Crippen molar-refractivity contribution in [3.05, 3.63) is 35.9 Å². The van der Waals surface area contributed by atoms with Crippen molar-refractivity contribution in [1.82, 2.24) is 5.32 Å². The number of carbonyl (C=O) groups is 2.